The van der Waals surface area contributed by atoms with Crippen LogP contribution >= 0.6 is 0 Å². The molecule has 8 nitrogen and oxygen atoms in total. The number of hydrogen-bond donors (Lipinski definition) is 4. The van der Waals surface area contributed by atoms with Crippen molar-refractivity contribution in [1.82, 2.24) is 15.3 Å². The van der Waals surface area contributed by atoms with Gasteiger partial charge < -0.3 is 30.9 Å². The molecule has 5 heterocycles. The number of anilines is 1. The number of fused-ring (bicyclic) bond motifs is 2. The Kier molecular flexibility index (Phi) is 4.74. The zero-order chi connectivity index (χ0) is 21.8. The van der Waals surface area contributed by atoms with Crippen molar-refractivity contribution in [1.29, 1.82) is 0 Å². The number of amidine groups is 1. The average molecular weight is 435 g/mol. The van der Waals surface area contributed by atoms with E-state index in [4.69, 9.17) is 10.2 Å². The van der Waals surface area contributed by atoms with E-state index in [1.807, 2.05) is 18.2 Å². The fourth-order valence-electron chi connectivity index (χ4n) is 5.56. The smallest absolute Gasteiger partial charge is 0.173 e. The van der Waals surface area contributed by atoms with Crippen LogP contribution in [0.2, 0.25) is 0 Å². The Hall–Kier alpha value is -2.81. The summed E-state index contributed by atoms with van der Waals surface area (Å²) < 4.78 is 6.28. The highest BCUT2D eigenvalue weighted by atomic mass is 16.3. The number of aliphatic hydroxyl groups excluding tert-OH is 1. The van der Waals surface area contributed by atoms with E-state index in [2.05, 4.69) is 45.0 Å². The number of likely N-dealkylation sites (N-methyl/N-ethyl adjacent to an activating group) is 1. The molecule has 32 heavy (non-hydrogen) atoms. The molecule has 2 atom stereocenters. The first-order valence-electron chi connectivity index (χ1n) is 11.5. The van der Waals surface area contributed by atoms with E-state index in [1.54, 1.807) is 0 Å². The summed E-state index contributed by atoms with van der Waals surface area (Å²) in [6.07, 6.45) is 4.68. The van der Waals surface area contributed by atoms with E-state index in [1.165, 1.54) is 5.57 Å². The van der Waals surface area contributed by atoms with Crippen LogP contribution in [0.15, 0.2) is 45.4 Å². The number of para-hydroxylation sites is 1. The van der Waals surface area contributed by atoms with Crippen LogP contribution in [0.25, 0.3) is 11.3 Å². The van der Waals surface area contributed by atoms with Crippen molar-refractivity contribution in [2.75, 3.05) is 38.5 Å². The fraction of sp³-hybridized carbons (Fsp3) is 0.458. The maximum Gasteiger partial charge on any atom is 0.173 e. The minimum atomic E-state index is -0.560. The first-order chi connectivity index (χ1) is 15.6. The summed E-state index contributed by atoms with van der Waals surface area (Å²) in [4.78, 5) is 4.61. The Morgan fingerprint density at radius 2 is 2.09 bits per heavy atom. The summed E-state index contributed by atoms with van der Waals surface area (Å²) in [5.41, 5.74) is 11.7. The molecule has 2 unspecified atom stereocenters. The van der Waals surface area contributed by atoms with Gasteiger partial charge in [-0.05, 0) is 49.2 Å². The molecule has 0 amide bonds. The molecule has 1 fully saturated rings. The standard InChI is InChI=1S/C24H30N6O2/c1-29-12-15(13-30(29)16-5-7-26-8-6-16)19-11-27-24(25)23-18(19)10-20(32-23)17-4-2-3-14-9-21(31)28-22(14)17/h2-4,10,13,16,19,21,26,28,31H,5-9,11-12H2,1H3,(H2,25,27). The third-order valence-corrected chi connectivity index (χ3v) is 7.19. The van der Waals surface area contributed by atoms with Crippen LogP contribution in [-0.4, -0.2) is 66.5 Å². The van der Waals surface area contributed by atoms with E-state index < -0.39 is 6.23 Å². The van der Waals surface area contributed by atoms with Crippen molar-refractivity contribution in [3.8, 4) is 11.3 Å². The number of rotatable bonds is 3. The molecule has 0 bridgehead atoms. The van der Waals surface area contributed by atoms with Gasteiger partial charge in [0.25, 0.3) is 0 Å². The lowest BCUT2D eigenvalue weighted by atomic mass is 9.89. The van der Waals surface area contributed by atoms with Crippen molar-refractivity contribution in [2.45, 2.75) is 37.5 Å². The summed E-state index contributed by atoms with van der Waals surface area (Å²) in [6.45, 7) is 3.67. The van der Waals surface area contributed by atoms with E-state index in [0.717, 1.165) is 60.6 Å². The molecule has 4 aliphatic rings. The first-order valence-corrected chi connectivity index (χ1v) is 11.5. The predicted molar refractivity (Wildman–Crippen MR) is 124 cm³/mol. The normalized spacial score (nSPS) is 25.9. The van der Waals surface area contributed by atoms with Crippen LogP contribution < -0.4 is 16.4 Å². The lowest BCUT2D eigenvalue weighted by Crippen LogP contribution is -2.45. The maximum absolute atomic E-state index is 10.1. The Balaban J connectivity index is 1.35. The second-order valence-corrected chi connectivity index (χ2v) is 9.26. The first kappa shape index (κ1) is 19.8. The number of aliphatic imine (C=N–C) groups is 1. The van der Waals surface area contributed by atoms with Gasteiger partial charge in [0.1, 0.15) is 12.0 Å². The lowest BCUT2D eigenvalue weighted by Gasteiger charge is -2.36. The average Bonchev–Trinajstić information content (AvgIpc) is 3.50. The molecule has 1 aromatic heterocycles. The number of nitrogens with one attached hydrogen (secondary N) is 2. The van der Waals surface area contributed by atoms with E-state index >= 15 is 0 Å². The Morgan fingerprint density at radius 3 is 2.94 bits per heavy atom. The summed E-state index contributed by atoms with van der Waals surface area (Å²) in [7, 11) is 2.16. The van der Waals surface area contributed by atoms with Crippen molar-refractivity contribution in [2.24, 2.45) is 10.7 Å². The summed E-state index contributed by atoms with van der Waals surface area (Å²) in [6, 6.07) is 8.74. The molecule has 0 aliphatic carbocycles. The summed E-state index contributed by atoms with van der Waals surface area (Å²) >= 11 is 0. The number of nitrogens with two attached hydrogens (primary N) is 1. The summed E-state index contributed by atoms with van der Waals surface area (Å²) in [5, 5.41) is 21.4. The summed E-state index contributed by atoms with van der Waals surface area (Å²) in [5.74, 6) is 2.06. The number of furan rings is 1. The van der Waals surface area contributed by atoms with Gasteiger partial charge >= 0.3 is 0 Å². The molecule has 4 aliphatic heterocycles. The highest BCUT2D eigenvalue weighted by Gasteiger charge is 2.35. The molecular formula is C24H30N6O2. The highest BCUT2D eigenvalue weighted by molar-refractivity contribution is 5.98. The zero-order valence-corrected chi connectivity index (χ0v) is 18.3. The van der Waals surface area contributed by atoms with Crippen LogP contribution in [0.3, 0.4) is 0 Å². The number of nitrogens with zero attached hydrogens (tertiary/aromatic N) is 3. The topological polar surface area (TPSA) is 102 Å². The van der Waals surface area contributed by atoms with Gasteiger partial charge in [0.05, 0.1) is 12.2 Å². The molecule has 8 heteroatoms. The molecular weight excluding hydrogens is 404 g/mol. The largest absolute Gasteiger partial charge is 0.452 e. The lowest BCUT2D eigenvalue weighted by molar-refractivity contribution is 0.0239. The predicted octanol–water partition coefficient (Wildman–Crippen LogP) is 1.83. The molecule has 0 radical (unpaired) electrons. The second kappa shape index (κ2) is 7.65. The van der Waals surface area contributed by atoms with Gasteiger partial charge in [-0.3, -0.25) is 4.99 Å². The maximum atomic E-state index is 10.1. The van der Waals surface area contributed by atoms with Crippen molar-refractivity contribution >= 4 is 11.5 Å². The number of hydrazine groups is 1. The molecule has 0 saturated carbocycles. The zero-order valence-electron chi connectivity index (χ0n) is 18.3. The molecule has 0 spiro atoms. The van der Waals surface area contributed by atoms with E-state index in [0.29, 0.717) is 30.6 Å². The molecule has 1 aromatic carbocycles. The van der Waals surface area contributed by atoms with E-state index in [9.17, 15) is 5.11 Å². The van der Waals surface area contributed by atoms with Crippen LogP contribution in [-0.2, 0) is 6.42 Å². The van der Waals surface area contributed by atoms with Crippen LogP contribution in [0, 0.1) is 0 Å². The monoisotopic (exact) mass is 434 g/mol. The number of piperidine rings is 1. The van der Waals surface area contributed by atoms with Gasteiger partial charge in [-0.1, -0.05) is 12.1 Å². The number of benzene rings is 1. The van der Waals surface area contributed by atoms with Crippen molar-refractivity contribution in [3.05, 3.63) is 52.9 Å². The Labute approximate surface area is 187 Å². The van der Waals surface area contributed by atoms with Crippen LogP contribution in [0.1, 0.15) is 35.6 Å². The minimum absolute atomic E-state index is 0.152. The molecule has 168 valence electrons. The minimum Gasteiger partial charge on any atom is -0.452 e. The van der Waals surface area contributed by atoms with Crippen molar-refractivity contribution < 1.29 is 9.52 Å². The molecule has 5 N–H and O–H groups in total. The third kappa shape index (κ3) is 3.21. The van der Waals surface area contributed by atoms with Gasteiger partial charge in [0.2, 0.25) is 0 Å². The van der Waals surface area contributed by atoms with Gasteiger partial charge in [-0.2, -0.15) is 0 Å². The van der Waals surface area contributed by atoms with Gasteiger partial charge in [0, 0.05) is 49.3 Å². The molecule has 2 aromatic rings. The fourth-order valence-corrected chi connectivity index (χ4v) is 5.56. The second-order valence-electron chi connectivity index (χ2n) is 9.26. The Bertz CT molecular complexity index is 1100. The number of aliphatic hydroxyl groups is 1. The quantitative estimate of drug-likeness (QED) is 0.585. The van der Waals surface area contributed by atoms with Crippen LogP contribution in [0.5, 0.6) is 0 Å². The van der Waals surface area contributed by atoms with E-state index in [-0.39, 0.29) is 5.92 Å². The third-order valence-electron chi connectivity index (χ3n) is 7.19. The SMILES string of the molecule is CN1CC(C2CN=C(N)c3oc(-c4cccc5c4NC(O)C5)cc32)=CN1C1CCNCC1. The number of hydrogen-bond acceptors (Lipinski definition) is 8. The van der Waals surface area contributed by atoms with Crippen LogP contribution in [0.4, 0.5) is 5.69 Å². The van der Waals surface area contributed by atoms with Gasteiger partial charge in [-0.25, -0.2) is 5.01 Å². The van der Waals surface area contributed by atoms with Gasteiger partial charge in [-0.15, -0.1) is 0 Å². The Morgan fingerprint density at radius 1 is 1.25 bits per heavy atom. The molecule has 6 rings (SSSR count). The van der Waals surface area contributed by atoms with Crippen molar-refractivity contribution in [3.63, 3.8) is 0 Å². The highest BCUT2D eigenvalue weighted by Crippen LogP contribution is 2.42. The van der Waals surface area contributed by atoms with Gasteiger partial charge in [0.15, 0.2) is 11.6 Å². The molecule has 1 saturated heterocycles.